The van der Waals surface area contributed by atoms with Gasteiger partial charge in [0, 0.05) is 12.2 Å². The van der Waals surface area contributed by atoms with Crippen LogP contribution in [0, 0.1) is 22.6 Å². The van der Waals surface area contributed by atoms with Gasteiger partial charge < -0.3 is 5.32 Å². The van der Waals surface area contributed by atoms with Crippen LogP contribution in [0.3, 0.4) is 0 Å². The highest BCUT2D eigenvalue weighted by molar-refractivity contribution is 5.49. The number of halogens is 1. The first kappa shape index (κ1) is 11.9. The van der Waals surface area contributed by atoms with Crippen LogP contribution in [0.2, 0.25) is 0 Å². The summed E-state index contributed by atoms with van der Waals surface area (Å²) in [6, 6.07) is 6.36. The van der Waals surface area contributed by atoms with Gasteiger partial charge in [-0.05, 0) is 36.5 Å². The van der Waals surface area contributed by atoms with E-state index in [1.54, 1.807) is 6.07 Å². The van der Waals surface area contributed by atoms with Crippen molar-refractivity contribution in [3.05, 3.63) is 29.6 Å². The SMILES string of the molecule is CC1(CNc2cc(F)cc(C#N)c2)CCCC1. The van der Waals surface area contributed by atoms with Crippen LogP contribution >= 0.6 is 0 Å². The minimum atomic E-state index is -0.358. The molecule has 0 aliphatic heterocycles. The third-order valence-corrected chi connectivity index (χ3v) is 3.56. The van der Waals surface area contributed by atoms with Crippen molar-refractivity contribution in [3.8, 4) is 6.07 Å². The zero-order valence-electron chi connectivity index (χ0n) is 10.1. The Morgan fingerprint density at radius 2 is 2.06 bits per heavy atom. The number of benzene rings is 1. The molecule has 0 saturated heterocycles. The average Bonchev–Trinajstić information content (AvgIpc) is 2.73. The Balaban J connectivity index is 2.04. The number of hydrogen-bond donors (Lipinski definition) is 1. The first-order chi connectivity index (χ1) is 8.11. The van der Waals surface area contributed by atoms with E-state index in [2.05, 4.69) is 12.2 Å². The molecular formula is C14H17FN2. The lowest BCUT2D eigenvalue weighted by Gasteiger charge is -2.24. The highest BCUT2D eigenvalue weighted by Crippen LogP contribution is 2.37. The molecule has 0 amide bonds. The lowest BCUT2D eigenvalue weighted by atomic mass is 9.89. The van der Waals surface area contributed by atoms with E-state index in [1.807, 2.05) is 6.07 Å². The number of anilines is 1. The van der Waals surface area contributed by atoms with Gasteiger partial charge in [0.05, 0.1) is 11.6 Å². The summed E-state index contributed by atoms with van der Waals surface area (Å²) in [7, 11) is 0. The van der Waals surface area contributed by atoms with Gasteiger partial charge in [0.15, 0.2) is 0 Å². The molecule has 1 aromatic carbocycles. The fourth-order valence-corrected chi connectivity index (χ4v) is 2.48. The van der Waals surface area contributed by atoms with Crippen LogP contribution in [0.15, 0.2) is 18.2 Å². The van der Waals surface area contributed by atoms with Crippen molar-refractivity contribution in [2.45, 2.75) is 32.6 Å². The van der Waals surface area contributed by atoms with E-state index in [0.717, 1.165) is 6.54 Å². The van der Waals surface area contributed by atoms with Crippen LogP contribution in [0.5, 0.6) is 0 Å². The van der Waals surface area contributed by atoms with Gasteiger partial charge in [0.2, 0.25) is 0 Å². The van der Waals surface area contributed by atoms with Crippen LogP contribution in [-0.4, -0.2) is 6.54 Å². The summed E-state index contributed by atoms with van der Waals surface area (Å²) in [5.41, 5.74) is 1.39. The lowest BCUT2D eigenvalue weighted by molar-refractivity contribution is 0.362. The molecule has 1 N–H and O–H groups in total. The number of nitrogens with zero attached hydrogens (tertiary/aromatic N) is 1. The van der Waals surface area contributed by atoms with Crippen molar-refractivity contribution in [1.29, 1.82) is 5.26 Å². The predicted molar refractivity (Wildman–Crippen MR) is 66.2 cm³/mol. The van der Waals surface area contributed by atoms with E-state index < -0.39 is 0 Å². The summed E-state index contributed by atoms with van der Waals surface area (Å²) in [5, 5.41) is 12.0. The smallest absolute Gasteiger partial charge is 0.126 e. The molecule has 3 heteroatoms. The second kappa shape index (κ2) is 4.75. The standard InChI is InChI=1S/C14H17FN2/c1-14(4-2-3-5-14)10-17-13-7-11(9-16)6-12(15)8-13/h6-8,17H,2-5,10H2,1H3. The van der Waals surface area contributed by atoms with Gasteiger partial charge in [0.25, 0.3) is 0 Å². The molecule has 0 spiro atoms. The number of hydrogen-bond acceptors (Lipinski definition) is 2. The van der Waals surface area contributed by atoms with Gasteiger partial charge in [-0.3, -0.25) is 0 Å². The molecule has 2 nitrogen and oxygen atoms in total. The highest BCUT2D eigenvalue weighted by atomic mass is 19.1. The normalized spacial score (nSPS) is 17.7. The van der Waals surface area contributed by atoms with Crippen molar-refractivity contribution in [2.75, 3.05) is 11.9 Å². The molecule has 0 bridgehead atoms. The number of nitriles is 1. The van der Waals surface area contributed by atoms with Crippen LogP contribution in [-0.2, 0) is 0 Å². The maximum absolute atomic E-state index is 13.2. The van der Waals surface area contributed by atoms with E-state index in [4.69, 9.17) is 5.26 Å². The van der Waals surface area contributed by atoms with Gasteiger partial charge in [-0.25, -0.2) is 4.39 Å². The van der Waals surface area contributed by atoms with Crippen LogP contribution < -0.4 is 5.32 Å². The molecule has 0 heterocycles. The molecule has 0 atom stereocenters. The lowest BCUT2D eigenvalue weighted by Crippen LogP contribution is -2.23. The molecule has 1 aliphatic carbocycles. The molecule has 2 rings (SSSR count). The molecule has 0 unspecified atom stereocenters. The average molecular weight is 232 g/mol. The first-order valence-electron chi connectivity index (χ1n) is 6.06. The third-order valence-electron chi connectivity index (χ3n) is 3.56. The van der Waals surface area contributed by atoms with Crippen molar-refractivity contribution < 1.29 is 4.39 Å². The van der Waals surface area contributed by atoms with Crippen molar-refractivity contribution in [2.24, 2.45) is 5.41 Å². The zero-order valence-corrected chi connectivity index (χ0v) is 10.1. The minimum Gasteiger partial charge on any atom is -0.384 e. The topological polar surface area (TPSA) is 35.8 Å². The Kier molecular flexibility index (Phi) is 3.33. The Bertz CT molecular complexity index is 442. The summed E-state index contributed by atoms with van der Waals surface area (Å²) in [6.45, 7) is 3.11. The predicted octanol–water partition coefficient (Wildman–Crippen LogP) is 3.69. The molecule has 1 fully saturated rings. The maximum atomic E-state index is 13.2. The van der Waals surface area contributed by atoms with Crippen molar-refractivity contribution in [3.63, 3.8) is 0 Å². The Morgan fingerprint density at radius 3 is 2.71 bits per heavy atom. The van der Waals surface area contributed by atoms with Gasteiger partial charge in [-0.1, -0.05) is 19.8 Å². The Labute approximate surface area is 101 Å². The molecule has 0 radical (unpaired) electrons. The fourth-order valence-electron chi connectivity index (χ4n) is 2.48. The van der Waals surface area contributed by atoms with E-state index in [1.165, 1.54) is 37.8 Å². The van der Waals surface area contributed by atoms with Gasteiger partial charge in [0.1, 0.15) is 5.82 Å². The van der Waals surface area contributed by atoms with Crippen LogP contribution in [0.25, 0.3) is 0 Å². The van der Waals surface area contributed by atoms with E-state index in [9.17, 15) is 4.39 Å². The van der Waals surface area contributed by atoms with Gasteiger partial charge in [-0.2, -0.15) is 5.26 Å². The molecule has 0 aromatic heterocycles. The van der Waals surface area contributed by atoms with E-state index in [0.29, 0.717) is 16.7 Å². The Morgan fingerprint density at radius 1 is 1.35 bits per heavy atom. The second-order valence-electron chi connectivity index (χ2n) is 5.21. The van der Waals surface area contributed by atoms with Crippen LogP contribution in [0.1, 0.15) is 38.2 Å². The minimum absolute atomic E-state index is 0.319. The van der Waals surface area contributed by atoms with Crippen molar-refractivity contribution >= 4 is 5.69 Å². The zero-order chi connectivity index (χ0) is 12.3. The van der Waals surface area contributed by atoms with Gasteiger partial charge >= 0.3 is 0 Å². The monoisotopic (exact) mass is 232 g/mol. The molecule has 1 saturated carbocycles. The highest BCUT2D eigenvalue weighted by Gasteiger charge is 2.28. The van der Waals surface area contributed by atoms with E-state index in [-0.39, 0.29) is 5.82 Å². The van der Waals surface area contributed by atoms with Crippen molar-refractivity contribution in [1.82, 2.24) is 0 Å². The molecule has 17 heavy (non-hydrogen) atoms. The third kappa shape index (κ3) is 2.97. The summed E-state index contributed by atoms with van der Waals surface area (Å²) in [5.74, 6) is -0.358. The summed E-state index contributed by atoms with van der Waals surface area (Å²) >= 11 is 0. The summed E-state index contributed by atoms with van der Waals surface area (Å²) < 4.78 is 13.2. The van der Waals surface area contributed by atoms with Gasteiger partial charge in [-0.15, -0.1) is 0 Å². The molecule has 1 aliphatic rings. The molecular weight excluding hydrogens is 215 g/mol. The second-order valence-corrected chi connectivity index (χ2v) is 5.21. The quantitative estimate of drug-likeness (QED) is 0.862. The molecule has 90 valence electrons. The Hall–Kier alpha value is -1.56. The largest absolute Gasteiger partial charge is 0.384 e. The number of nitrogens with one attached hydrogen (secondary N) is 1. The van der Waals surface area contributed by atoms with E-state index >= 15 is 0 Å². The number of rotatable bonds is 3. The van der Waals surface area contributed by atoms with Crippen LogP contribution in [0.4, 0.5) is 10.1 Å². The first-order valence-corrected chi connectivity index (χ1v) is 6.06. The maximum Gasteiger partial charge on any atom is 0.126 e. The summed E-state index contributed by atoms with van der Waals surface area (Å²) in [6.07, 6.45) is 5.01. The fraction of sp³-hybridized carbons (Fsp3) is 0.500. The molecule has 1 aromatic rings. The summed E-state index contributed by atoms with van der Waals surface area (Å²) in [4.78, 5) is 0.